The molecular formula is C22H28Cl2N6O2S. The number of hydrogen-bond donors (Lipinski definition) is 2. The minimum atomic E-state index is -0.172. The third kappa shape index (κ3) is 7.65. The standard InChI is InChI=1S/C22H28Cl2N6O2S/c1-14(2)11-25-20(31)13-33-21-27-18(24)10-19(28-21)29-7-8-30(15(3)12-29)22(32)26-17-6-4-5-16(23)9-17/h4-6,9-10,14-15H,7-8,11-13H2,1-3H3,(H,25,31)(H,26,32)/t15-/m0/s1. The number of halogens is 2. The van der Waals surface area contributed by atoms with Crippen LogP contribution in [0, 0.1) is 5.92 Å². The topological polar surface area (TPSA) is 90.5 Å². The highest BCUT2D eigenvalue weighted by atomic mass is 35.5. The second kappa shape index (κ2) is 11.8. The summed E-state index contributed by atoms with van der Waals surface area (Å²) < 4.78 is 0. The van der Waals surface area contributed by atoms with E-state index in [1.807, 2.05) is 20.8 Å². The summed E-state index contributed by atoms with van der Waals surface area (Å²) in [5, 5.41) is 7.11. The van der Waals surface area contributed by atoms with Gasteiger partial charge in [-0.1, -0.05) is 54.9 Å². The van der Waals surface area contributed by atoms with E-state index in [-0.39, 0.29) is 23.7 Å². The van der Waals surface area contributed by atoms with Gasteiger partial charge in [-0.05, 0) is 31.0 Å². The van der Waals surface area contributed by atoms with E-state index < -0.39 is 0 Å². The Balaban J connectivity index is 1.58. The zero-order chi connectivity index (χ0) is 24.0. The molecule has 2 N–H and O–H groups in total. The smallest absolute Gasteiger partial charge is 0.322 e. The number of aromatic nitrogens is 2. The zero-order valence-corrected chi connectivity index (χ0v) is 21.2. The van der Waals surface area contributed by atoms with Crippen molar-refractivity contribution in [2.45, 2.75) is 32.0 Å². The number of carbonyl (C=O) groups excluding carboxylic acids is 2. The van der Waals surface area contributed by atoms with E-state index in [4.69, 9.17) is 23.2 Å². The lowest BCUT2D eigenvalue weighted by Crippen LogP contribution is -2.55. The third-order valence-corrected chi connectivity index (χ3v) is 6.26. The van der Waals surface area contributed by atoms with Gasteiger partial charge in [0.15, 0.2) is 5.16 Å². The van der Waals surface area contributed by atoms with Gasteiger partial charge in [-0.3, -0.25) is 4.79 Å². The number of piperazine rings is 1. The monoisotopic (exact) mass is 510 g/mol. The Labute approximate surface area is 208 Å². The van der Waals surface area contributed by atoms with E-state index in [0.29, 0.717) is 58.9 Å². The second-order valence-electron chi connectivity index (χ2n) is 8.25. The lowest BCUT2D eigenvalue weighted by atomic mass is 10.2. The van der Waals surface area contributed by atoms with Crippen molar-refractivity contribution in [1.82, 2.24) is 20.2 Å². The molecule has 1 saturated heterocycles. The molecule has 11 heteroatoms. The van der Waals surface area contributed by atoms with Crippen LogP contribution in [0.5, 0.6) is 0 Å². The van der Waals surface area contributed by atoms with Crippen molar-refractivity contribution in [3.63, 3.8) is 0 Å². The Morgan fingerprint density at radius 1 is 1.21 bits per heavy atom. The van der Waals surface area contributed by atoms with Crippen LogP contribution < -0.4 is 15.5 Å². The fourth-order valence-corrected chi connectivity index (χ4v) is 4.44. The average molecular weight is 511 g/mol. The van der Waals surface area contributed by atoms with Crippen molar-refractivity contribution in [2.75, 3.05) is 42.1 Å². The van der Waals surface area contributed by atoms with E-state index in [1.165, 1.54) is 11.8 Å². The fraction of sp³-hybridized carbons (Fsp3) is 0.455. The molecule has 0 saturated carbocycles. The van der Waals surface area contributed by atoms with Gasteiger partial charge in [0, 0.05) is 49.0 Å². The molecule has 0 radical (unpaired) electrons. The van der Waals surface area contributed by atoms with Gasteiger partial charge in [0.2, 0.25) is 5.91 Å². The molecule has 1 fully saturated rings. The molecule has 1 atom stereocenters. The van der Waals surface area contributed by atoms with Gasteiger partial charge in [-0.25, -0.2) is 14.8 Å². The predicted octanol–water partition coefficient (Wildman–Crippen LogP) is 4.39. The molecule has 1 aromatic heterocycles. The minimum Gasteiger partial charge on any atom is -0.355 e. The molecule has 0 aliphatic carbocycles. The van der Waals surface area contributed by atoms with Crippen LogP contribution in [0.3, 0.4) is 0 Å². The summed E-state index contributed by atoms with van der Waals surface area (Å²) in [7, 11) is 0. The van der Waals surface area contributed by atoms with Crippen molar-refractivity contribution in [3.8, 4) is 0 Å². The summed E-state index contributed by atoms with van der Waals surface area (Å²) >= 11 is 13.5. The maximum atomic E-state index is 12.8. The number of thioether (sulfide) groups is 1. The van der Waals surface area contributed by atoms with Gasteiger partial charge in [-0.15, -0.1) is 0 Å². The van der Waals surface area contributed by atoms with E-state index in [9.17, 15) is 9.59 Å². The molecule has 0 spiro atoms. The Hall–Kier alpha value is -2.23. The second-order valence-corrected chi connectivity index (χ2v) is 10.0. The molecule has 0 unspecified atom stereocenters. The highest BCUT2D eigenvalue weighted by Crippen LogP contribution is 2.24. The molecule has 1 aliphatic heterocycles. The number of amides is 3. The van der Waals surface area contributed by atoms with E-state index in [2.05, 4.69) is 25.5 Å². The molecule has 8 nitrogen and oxygen atoms in total. The third-order valence-electron chi connectivity index (χ3n) is 4.99. The molecule has 1 aliphatic rings. The number of nitrogens with zero attached hydrogens (tertiary/aromatic N) is 4. The lowest BCUT2D eigenvalue weighted by molar-refractivity contribution is -0.118. The lowest BCUT2D eigenvalue weighted by Gasteiger charge is -2.40. The molecule has 2 aromatic rings. The van der Waals surface area contributed by atoms with Crippen LogP contribution in [0.25, 0.3) is 0 Å². The summed E-state index contributed by atoms with van der Waals surface area (Å²) in [4.78, 5) is 37.4. The number of benzene rings is 1. The molecule has 33 heavy (non-hydrogen) atoms. The van der Waals surface area contributed by atoms with Gasteiger partial charge in [0.25, 0.3) is 0 Å². The summed E-state index contributed by atoms with van der Waals surface area (Å²) in [5.41, 5.74) is 0.656. The normalized spacial score (nSPS) is 16.1. The molecule has 3 rings (SSSR count). The van der Waals surface area contributed by atoms with Crippen molar-refractivity contribution < 1.29 is 9.59 Å². The summed E-state index contributed by atoms with van der Waals surface area (Å²) in [6.07, 6.45) is 0. The quantitative estimate of drug-likeness (QED) is 0.326. The van der Waals surface area contributed by atoms with Crippen LogP contribution in [-0.2, 0) is 4.79 Å². The minimum absolute atomic E-state index is 0.0513. The maximum absolute atomic E-state index is 12.8. The maximum Gasteiger partial charge on any atom is 0.322 e. The van der Waals surface area contributed by atoms with Crippen LogP contribution >= 0.6 is 35.0 Å². The molecule has 3 amide bonds. The highest BCUT2D eigenvalue weighted by Gasteiger charge is 2.28. The van der Waals surface area contributed by atoms with Gasteiger partial charge < -0.3 is 20.4 Å². The fourth-order valence-electron chi connectivity index (χ4n) is 3.34. The first-order valence-electron chi connectivity index (χ1n) is 10.7. The number of rotatable bonds is 7. The molecule has 1 aromatic carbocycles. The Morgan fingerprint density at radius 3 is 2.70 bits per heavy atom. The van der Waals surface area contributed by atoms with Crippen LogP contribution in [-0.4, -0.2) is 64.8 Å². The summed E-state index contributed by atoms with van der Waals surface area (Å²) in [6, 6.07) is 8.55. The van der Waals surface area contributed by atoms with Crippen LogP contribution in [0.15, 0.2) is 35.5 Å². The van der Waals surface area contributed by atoms with Gasteiger partial charge >= 0.3 is 6.03 Å². The average Bonchev–Trinajstić information content (AvgIpc) is 2.75. The van der Waals surface area contributed by atoms with Crippen LogP contribution in [0.1, 0.15) is 20.8 Å². The first-order chi connectivity index (χ1) is 15.7. The SMILES string of the molecule is CC(C)CNC(=O)CSc1nc(Cl)cc(N2CCN(C(=O)Nc3cccc(Cl)c3)[C@@H](C)C2)n1. The van der Waals surface area contributed by atoms with Crippen molar-refractivity contribution >= 4 is 58.4 Å². The van der Waals surface area contributed by atoms with Gasteiger partial charge in [0.1, 0.15) is 11.0 Å². The molecule has 2 heterocycles. The molecule has 178 valence electrons. The van der Waals surface area contributed by atoms with Crippen molar-refractivity contribution in [2.24, 2.45) is 5.92 Å². The zero-order valence-electron chi connectivity index (χ0n) is 18.8. The first kappa shape index (κ1) is 25.4. The van der Waals surface area contributed by atoms with Crippen LogP contribution in [0.4, 0.5) is 16.3 Å². The number of nitrogens with one attached hydrogen (secondary N) is 2. The van der Waals surface area contributed by atoms with Crippen molar-refractivity contribution in [3.05, 3.63) is 40.5 Å². The summed E-state index contributed by atoms with van der Waals surface area (Å²) in [5.74, 6) is 1.23. The van der Waals surface area contributed by atoms with Crippen LogP contribution in [0.2, 0.25) is 10.2 Å². The number of urea groups is 1. The van der Waals surface area contributed by atoms with Gasteiger partial charge in [0.05, 0.1) is 5.75 Å². The first-order valence-corrected chi connectivity index (χ1v) is 12.5. The van der Waals surface area contributed by atoms with E-state index in [1.54, 1.807) is 35.2 Å². The van der Waals surface area contributed by atoms with E-state index in [0.717, 1.165) is 0 Å². The predicted molar refractivity (Wildman–Crippen MR) is 134 cm³/mol. The Bertz CT molecular complexity index is 993. The number of carbonyl (C=O) groups is 2. The number of hydrogen-bond acceptors (Lipinski definition) is 6. The Kier molecular flexibility index (Phi) is 9.05. The Morgan fingerprint density at radius 2 is 2.00 bits per heavy atom. The van der Waals surface area contributed by atoms with Gasteiger partial charge in [-0.2, -0.15) is 0 Å². The molecular weight excluding hydrogens is 483 g/mol. The molecule has 0 bridgehead atoms. The largest absolute Gasteiger partial charge is 0.355 e. The highest BCUT2D eigenvalue weighted by molar-refractivity contribution is 7.99. The van der Waals surface area contributed by atoms with E-state index >= 15 is 0 Å². The number of anilines is 2. The van der Waals surface area contributed by atoms with Crippen molar-refractivity contribution in [1.29, 1.82) is 0 Å². The summed E-state index contributed by atoms with van der Waals surface area (Å²) in [6.45, 7) is 8.42.